The Morgan fingerprint density at radius 2 is 1.75 bits per heavy atom. The third-order valence-corrected chi connectivity index (χ3v) is 6.56. The number of carbonyl (C=O) groups excluding carboxylic acids is 3. The standard InChI is InChI=1S/C27H31FN4O4/c1-3-36-26(34)23-22(30(2)27(35)29-24(23)19-10-5-4-6-11-19)18-31-14-9-15-32(17-16-31)25(33)20-12-7-8-13-21(20)28/h4-8,10-13,24H,3,9,14-18H2,1-2H3,(H,29,35). The molecule has 2 aliphatic heterocycles. The van der Waals surface area contributed by atoms with Crippen LogP contribution in [0.1, 0.15) is 35.3 Å². The predicted octanol–water partition coefficient (Wildman–Crippen LogP) is 3.19. The minimum absolute atomic E-state index is 0.0626. The van der Waals surface area contributed by atoms with Crippen LogP contribution in [0, 0.1) is 5.82 Å². The molecule has 1 unspecified atom stereocenters. The third-order valence-electron chi connectivity index (χ3n) is 6.56. The van der Waals surface area contributed by atoms with Crippen LogP contribution >= 0.6 is 0 Å². The first kappa shape index (κ1) is 25.4. The van der Waals surface area contributed by atoms with Gasteiger partial charge in [0.25, 0.3) is 5.91 Å². The summed E-state index contributed by atoms with van der Waals surface area (Å²) in [4.78, 5) is 44.1. The molecule has 2 heterocycles. The zero-order valence-corrected chi connectivity index (χ0v) is 20.6. The Balaban J connectivity index is 1.58. The summed E-state index contributed by atoms with van der Waals surface area (Å²) in [5.74, 6) is -1.34. The van der Waals surface area contributed by atoms with Crippen LogP contribution in [0.25, 0.3) is 0 Å². The number of nitrogens with one attached hydrogen (secondary N) is 1. The first-order valence-electron chi connectivity index (χ1n) is 12.2. The first-order valence-corrected chi connectivity index (χ1v) is 12.2. The second-order valence-electron chi connectivity index (χ2n) is 8.83. The van der Waals surface area contributed by atoms with E-state index in [4.69, 9.17) is 4.74 Å². The highest BCUT2D eigenvalue weighted by molar-refractivity contribution is 5.95. The van der Waals surface area contributed by atoms with E-state index in [1.54, 1.807) is 31.0 Å². The maximum atomic E-state index is 14.2. The van der Waals surface area contributed by atoms with Gasteiger partial charge in [0.15, 0.2) is 0 Å². The lowest BCUT2D eigenvalue weighted by Crippen LogP contribution is -2.49. The molecule has 0 bridgehead atoms. The number of hydrogen-bond donors (Lipinski definition) is 1. The molecule has 36 heavy (non-hydrogen) atoms. The number of amides is 3. The van der Waals surface area contributed by atoms with Crippen LogP contribution in [0.15, 0.2) is 65.9 Å². The van der Waals surface area contributed by atoms with Crippen molar-refractivity contribution >= 4 is 17.9 Å². The molecule has 3 amide bonds. The molecule has 0 spiro atoms. The molecule has 9 heteroatoms. The van der Waals surface area contributed by atoms with Crippen LogP contribution in [0.5, 0.6) is 0 Å². The third kappa shape index (κ3) is 5.41. The Labute approximate surface area is 210 Å². The molecule has 0 aromatic heterocycles. The normalized spacial score (nSPS) is 19.1. The fourth-order valence-corrected chi connectivity index (χ4v) is 4.64. The maximum absolute atomic E-state index is 14.2. The van der Waals surface area contributed by atoms with Crippen LogP contribution in [-0.4, -0.2) is 79.0 Å². The summed E-state index contributed by atoms with van der Waals surface area (Å²) in [5, 5.41) is 2.92. The molecule has 0 radical (unpaired) electrons. The van der Waals surface area contributed by atoms with Gasteiger partial charge < -0.3 is 15.0 Å². The summed E-state index contributed by atoms with van der Waals surface area (Å²) >= 11 is 0. The van der Waals surface area contributed by atoms with E-state index in [0.29, 0.717) is 50.4 Å². The zero-order valence-electron chi connectivity index (χ0n) is 20.6. The van der Waals surface area contributed by atoms with Crippen LogP contribution in [0.2, 0.25) is 0 Å². The van der Waals surface area contributed by atoms with Gasteiger partial charge in [-0.15, -0.1) is 0 Å². The summed E-state index contributed by atoms with van der Waals surface area (Å²) in [5.41, 5.74) is 1.82. The van der Waals surface area contributed by atoms with Gasteiger partial charge in [-0.2, -0.15) is 0 Å². The van der Waals surface area contributed by atoms with Crippen molar-refractivity contribution in [3.63, 3.8) is 0 Å². The second kappa shape index (κ2) is 11.3. The minimum atomic E-state index is -0.630. The highest BCUT2D eigenvalue weighted by atomic mass is 19.1. The van der Waals surface area contributed by atoms with Crippen LogP contribution < -0.4 is 5.32 Å². The maximum Gasteiger partial charge on any atom is 0.338 e. The van der Waals surface area contributed by atoms with Crippen molar-refractivity contribution in [3.05, 3.63) is 82.8 Å². The lowest BCUT2D eigenvalue weighted by atomic mass is 9.94. The van der Waals surface area contributed by atoms with Crippen molar-refractivity contribution in [2.24, 2.45) is 0 Å². The van der Waals surface area contributed by atoms with Gasteiger partial charge in [-0.05, 0) is 31.0 Å². The van der Waals surface area contributed by atoms with Crippen molar-refractivity contribution in [2.45, 2.75) is 19.4 Å². The van der Waals surface area contributed by atoms with Crippen molar-refractivity contribution in [1.82, 2.24) is 20.0 Å². The molecule has 0 saturated carbocycles. The van der Waals surface area contributed by atoms with Gasteiger partial charge >= 0.3 is 12.0 Å². The molecule has 2 aromatic rings. The van der Waals surface area contributed by atoms with Gasteiger partial charge in [0.1, 0.15) is 5.82 Å². The van der Waals surface area contributed by atoms with Crippen LogP contribution in [0.4, 0.5) is 9.18 Å². The van der Waals surface area contributed by atoms with E-state index in [-0.39, 0.29) is 24.1 Å². The zero-order chi connectivity index (χ0) is 25.7. The Hall–Kier alpha value is -3.72. The van der Waals surface area contributed by atoms with E-state index in [0.717, 1.165) is 5.56 Å². The summed E-state index contributed by atoms with van der Waals surface area (Å²) < 4.78 is 19.6. The SMILES string of the molecule is CCOC(=O)C1=C(CN2CCCN(C(=O)c3ccccc3F)CC2)N(C)C(=O)NC1c1ccccc1. The van der Waals surface area contributed by atoms with Crippen molar-refractivity contribution < 1.29 is 23.5 Å². The molecule has 1 N–H and O–H groups in total. The van der Waals surface area contributed by atoms with Crippen molar-refractivity contribution in [1.29, 1.82) is 0 Å². The van der Waals surface area contributed by atoms with Gasteiger partial charge in [0, 0.05) is 45.5 Å². The summed E-state index contributed by atoms with van der Waals surface area (Å²) in [6.07, 6.45) is 0.681. The lowest BCUT2D eigenvalue weighted by Gasteiger charge is -2.36. The first-order chi connectivity index (χ1) is 17.4. The average molecular weight is 495 g/mol. The van der Waals surface area contributed by atoms with Crippen LogP contribution in [0.3, 0.4) is 0 Å². The quantitative estimate of drug-likeness (QED) is 0.624. The Kier molecular flexibility index (Phi) is 8.00. The fraction of sp³-hybridized carbons (Fsp3) is 0.370. The number of hydrogen-bond acceptors (Lipinski definition) is 5. The van der Waals surface area contributed by atoms with Gasteiger partial charge in [0.05, 0.1) is 23.8 Å². The fourth-order valence-electron chi connectivity index (χ4n) is 4.64. The summed E-state index contributed by atoms with van der Waals surface area (Å²) in [7, 11) is 1.64. The monoisotopic (exact) mass is 494 g/mol. The molecule has 0 aliphatic carbocycles. The smallest absolute Gasteiger partial charge is 0.338 e. The van der Waals surface area contributed by atoms with Crippen molar-refractivity contribution in [3.8, 4) is 0 Å². The number of esters is 1. The molecular formula is C27H31FN4O4. The van der Waals surface area contributed by atoms with Gasteiger partial charge in [0.2, 0.25) is 0 Å². The molecule has 8 nitrogen and oxygen atoms in total. The number of rotatable bonds is 6. The van der Waals surface area contributed by atoms with E-state index < -0.39 is 17.8 Å². The molecule has 190 valence electrons. The molecular weight excluding hydrogens is 463 g/mol. The highest BCUT2D eigenvalue weighted by Gasteiger charge is 2.37. The molecule has 1 fully saturated rings. The number of nitrogens with zero attached hydrogens (tertiary/aromatic N) is 3. The second-order valence-corrected chi connectivity index (χ2v) is 8.83. The number of urea groups is 1. The Bertz CT molecular complexity index is 1150. The van der Waals surface area contributed by atoms with E-state index in [1.165, 1.54) is 17.0 Å². The summed E-state index contributed by atoms with van der Waals surface area (Å²) in [6, 6.07) is 14.4. The predicted molar refractivity (Wildman–Crippen MR) is 132 cm³/mol. The molecule has 1 saturated heterocycles. The lowest BCUT2D eigenvalue weighted by molar-refractivity contribution is -0.139. The van der Waals surface area contributed by atoms with Crippen molar-refractivity contribution in [2.75, 3.05) is 46.4 Å². The Morgan fingerprint density at radius 1 is 1.03 bits per heavy atom. The number of carbonyl (C=O) groups is 3. The van der Waals surface area contributed by atoms with E-state index >= 15 is 0 Å². The van der Waals surface area contributed by atoms with Crippen LogP contribution in [-0.2, 0) is 9.53 Å². The van der Waals surface area contributed by atoms with E-state index in [9.17, 15) is 18.8 Å². The molecule has 2 aliphatic rings. The van der Waals surface area contributed by atoms with E-state index in [1.807, 2.05) is 30.3 Å². The highest BCUT2D eigenvalue weighted by Crippen LogP contribution is 2.31. The average Bonchev–Trinajstić information content (AvgIpc) is 3.13. The molecule has 1 atom stereocenters. The largest absolute Gasteiger partial charge is 0.463 e. The van der Waals surface area contributed by atoms with Gasteiger partial charge in [-0.1, -0.05) is 42.5 Å². The molecule has 4 rings (SSSR count). The van der Waals surface area contributed by atoms with Gasteiger partial charge in [-0.3, -0.25) is 14.6 Å². The minimum Gasteiger partial charge on any atom is -0.463 e. The van der Waals surface area contributed by atoms with E-state index in [2.05, 4.69) is 10.2 Å². The Morgan fingerprint density at radius 3 is 2.47 bits per heavy atom. The number of ether oxygens (including phenoxy) is 1. The topological polar surface area (TPSA) is 82.2 Å². The number of benzene rings is 2. The molecule has 2 aromatic carbocycles. The number of likely N-dealkylation sites (N-methyl/N-ethyl adjacent to an activating group) is 1. The summed E-state index contributed by atoms with van der Waals surface area (Å²) in [6.45, 7) is 4.38. The number of halogens is 1. The van der Waals surface area contributed by atoms with Gasteiger partial charge in [-0.25, -0.2) is 14.0 Å².